The Labute approximate surface area is 112 Å². The van der Waals surface area contributed by atoms with E-state index in [4.69, 9.17) is 4.84 Å². The second kappa shape index (κ2) is 6.19. The van der Waals surface area contributed by atoms with Crippen LogP contribution >= 0.6 is 22.6 Å². The molecule has 0 aromatic heterocycles. The standard InChI is InChI=1S/C12H22INO2/c1-12(2,3)11(15)16-14-8-5-10(4-7-13)6-9-14/h10H,4-9H2,1-3H3. The molecule has 0 aromatic rings. The number of carbonyl (C=O) groups excluding carboxylic acids is 1. The molecule has 0 aliphatic carbocycles. The number of nitrogens with zero attached hydrogens (tertiary/aromatic N) is 1. The normalized spacial score (nSPS) is 19.8. The lowest BCUT2D eigenvalue weighted by atomic mass is 9.95. The van der Waals surface area contributed by atoms with E-state index in [-0.39, 0.29) is 5.97 Å². The Balaban J connectivity index is 2.30. The first-order valence-electron chi connectivity index (χ1n) is 5.97. The molecule has 1 aliphatic rings. The van der Waals surface area contributed by atoms with Crippen LogP contribution < -0.4 is 0 Å². The quantitative estimate of drug-likeness (QED) is 0.585. The Morgan fingerprint density at radius 1 is 1.38 bits per heavy atom. The van der Waals surface area contributed by atoms with Crippen LogP contribution in [0.1, 0.15) is 40.0 Å². The number of piperidine rings is 1. The summed E-state index contributed by atoms with van der Waals surface area (Å²) in [4.78, 5) is 17.0. The van der Waals surface area contributed by atoms with Gasteiger partial charge in [-0.2, -0.15) is 0 Å². The first-order valence-corrected chi connectivity index (χ1v) is 7.49. The van der Waals surface area contributed by atoms with Crippen molar-refractivity contribution in [1.29, 1.82) is 0 Å². The van der Waals surface area contributed by atoms with E-state index in [1.165, 1.54) is 10.8 Å². The third kappa shape index (κ3) is 4.57. The van der Waals surface area contributed by atoms with Crippen LogP contribution in [0.3, 0.4) is 0 Å². The number of hydroxylamine groups is 2. The summed E-state index contributed by atoms with van der Waals surface area (Å²) in [6.45, 7) is 7.45. The molecule has 0 spiro atoms. The van der Waals surface area contributed by atoms with Crippen molar-refractivity contribution in [2.75, 3.05) is 17.5 Å². The Kier molecular flexibility index (Phi) is 5.50. The lowest BCUT2D eigenvalue weighted by Gasteiger charge is -2.31. The average molecular weight is 339 g/mol. The van der Waals surface area contributed by atoms with E-state index in [1.54, 1.807) is 0 Å². The van der Waals surface area contributed by atoms with Gasteiger partial charge < -0.3 is 4.84 Å². The molecule has 1 heterocycles. The summed E-state index contributed by atoms with van der Waals surface area (Å²) in [6.07, 6.45) is 3.60. The zero-order valence-electron chi connectivity index (χ0n) is 10.5. The van der Waals surface area contributed by atoms with Crippen LogP contribution in [0.15, 0.2) is 0 Å². The second-order valence-corrected chi connectivity index (χ2v) is 6.56. The summed E-state index contributed by atoms with van der Waals surface area (Å²) in [7, 11) is 0. The van der Waals surface area contributed by atoms with Crippen LogP contribution in [0.4, 0.5) is 0 Å². The second-order valence-electron chi connectivity index (χ2n) is 5.48. The number of hydrogen-bond donors (Lipinski definition) is 0. The molecule has 0 aromatic carbocycles. The summed E-state index contributed by atoms with van der Waals surface area (Å²) in [5.74, 6) is 0.696. The van der Waals surface area contributed by atoms with Crippen molar-refractivity contribution in [3.63, 3.8) is 0 Å². The van der Waals surface area contributed by atoms with Gasteiger partial charge in [0.2, 0.25) is 0 Å². The van der Waals surface area contributed by atoms with E-state index >= 15 is 0 Å². The summed E-state index contributed by atoms with van der Waals surface area (Å²) >= 11 is 2.43. The lowest BCUT2D eigenvalue weighted by Crippen LogP contribution is -2.38. The lowest BCUT2D eigenvalue weighted by molar-refractivity contribution is -0.206. The van der Waals surface area contributed by atoms with Crippen LogP contribution in [-0.2, 0) is 9.63 Å². The molecule has 0 radical (unpaired) electrons. The molecular weight excluding hydrogens is 317 g/mol. The van der Waals surface area contributed by atoms with Crippen molar-refractivity contribution < 1.29 is 9.63 Å². The van der Waals surface area contributed by atoms with Crippen molar-refractivity contribution in [2.45, 2.75) is 40.0 Å². The van der Waals surface area contributed by atoms with Crippen LogP contribution in [0.2, 0.25) is 0 Å². The minimum atomic E-state index is -0.404. The van der Waals surface area contributed by atoms with E-state index in [1.807, 2.05) is 25.8 Å². The molecule has 1 saturated heterocycles. The van der Waals surface area contributed by atoms with Crippen LogP contribution in [0.5, 0.6) is 0 Å². The fourth-order valence-corrected chi connectivity index (χ4v) is 2.58. The highest BCUT2D eigenvalue weighted by Crippen LogP contribution is 2.23. The van der Waals surface area contributed by atoms with Gasteiger partial charge >= 0.3 is 5.97 Å². The Morgan fingerprint density at radius 2 is 1.94 bits per heavy atom. The Hall–Kier alpha value is 0.160. The molecule has 16 heavy (non-hydrogen) atoms. The van der Waals surface area contributed by atoms with E-state index in [2.05, 4.69) is 22.6 Å². The van der Waals surface area contributed by atoms with Gasteiger partial charge in [0.05, 0.1) is 5.41 Å². The maximum Gasteiger partial charge on any atom is 0.330 e. The SMILES string of the molecule is CC(C)(C)C(=O)ON1CCC(CCI)CC1. The van der Waals surface area contributed by atoms with Gasteiger partial charge in [0.25, 0.3) is 0 Å². The third-order valence-electron chi connectivity index (χ3n) is 2.92. The number of carbonyl (C=O) groups is 1. The summed E-state index contributed by atoms with van der Waals surface area (Å²) in [5.41, 5.74) is -0.404. The first kappa shape index (κ1) is 14.2. The van der Waals surface area contributed by atoms with Gasteiger partial charge in [-0.25, -0.2) is 4.79 Å². The van der Waals surface area contributed by atoms with E-state index in [9.17, 15) is 4.79 Å². The van der Waals surface area contributed by atoms with Gasteiger partial charge in [0, 0.05) is 13.1 Å². The fraction of sp³-hybridized carbons (Fsp3) is 0.917. The average Bonchev–Trinajstić information content (AvgIpc) is 2.20. The van der Waals surface area contributed by atoms with Gasteiger partial charge in [-0.3, -0.25) is 0 Å². The molecular formula is C12H22INO2. The smallest absolute Gasteiger partial charge is 0.330 e. The molecule has 0 atom stereocenters. The maximum atomic E-state index is 11.7. The minimum Gasteiger partial charge on any atom is -0.367 e. The molecule has 0 saturated carbocycles. The van der Waals surface area contributed by atoms with Crippen LogP contribution in [0.25, 0.3) is 0 Å². The topological polar surface area (TPSA) is 29.5 Å². The van der Waals surface area contributed by atoms with Crippen molar-refractivity contribution >= 4 is 28.6 Å². The van der Waals surface area contributed by atoms with Gasteiger partial charge in [0.1, 0.15) is 0 Å². The Bertz CT molecular complexity index is 230. The highest BCUT2D eigenvalue weighted by molar-refractivity contribution is 14.1. The number of rotatable bonds is 3. The van der Waals surface area contributed by atoms with Gasteiger partial charge in [-0.15, -0.1) is 5.06 Å². The minimum absolute atomic E-state index is 0.125. The fourth-order valence-electron chi connectivity index (χ4n) is 1.70. The molecule has 0 bridgehead atoms. The molecule has 0 N–H and O–H groups in total. The predicted octanol–water partition coefficient (Wildman–Crippen LogP) is 3.03. The zero-order chi connectivity index (χ0) is 12.2. The molecule has 94 valence electrons. The largest absolute Gasteiger partial charge is 0.367 e. The van der Waals surface area contributed by atoms with E-state index < -0.39 is 5.41 Å². The van der Waals surface area contributed by atoms with Gasteiger partial charge in [0.15, 0.2) is 0 Å². The number of halogens is 1. The Morgan fingerprint density at radius 3 is 2.38 bits per heavy atom. The highest BCUT2D eigenvalue weighted by atomic mass is 127. The van der Waals surface area contributed by atoms with Crippen molar-refractivity contribution in [2.24, 2.45) is 11.3 Å². The van der Waals surface area contributed by atoms with Gasteiger partial charge in [-0.05, 0) is 50.4 Å². The molecule has 1 fully saturated rings. The summed E-state index contributed by atoms with van der Waals surface area (Å²) < 4.78 is 1.23. The summed E-state index contributed by atoms with van der Waals surface area (Å²) in [5, 5.41) is 1.83. The summed E-state index contributed by atoms with van der Waals surface area (Å²) in [6, 6.07) is 0. The van der Waals surface area contributed by atoms with E-state index in [0.717, 1.165) is 31.8 Å². The molecule has 1 aliphatic heterocycles. The highest BCUT2D eigenvalue weighted by Gasteiger charge is 2.28. The third-order valence-corrected chi connectivity index (χ3v) is 3.54. The van der Waals surface area contributed by atoms with Crippen molar-refractivity contribution in [3.05, 3.63) is 0 Å². The van der Waals surface area contributed by atoms with Crippen LogP contribution in [-0.4, -0.2) is 28.5 Å². The molecule has 1 rings (SSSR count). The molecule has 3 nitrogen and oxygen atoms in total. The maximum absolute atomic E-state index is 11.7. The number of hydrogen-bond acceptors (Lipinski definition) is 3. The monoisotopic (exact) mass is 339 g/mol. The van der Waals surface area contributed by atoms with Crippen molar-refractivity contribution in [3.8, 4) is 0 Å². The predicted molar refractivity (Wildman–Crippen MR) is 73.3 cm³/mol. The van der Waals surface area contributed by atoms with Crippen LogP contribution in [0, 0.1) is 11.3 Å². The first-order chi connectivity index (χ1) is 7.43. The number of alkyl halides is 1. The van der Waals surface area contributed by atoms with Crippen molar-refractivity contribution in [1.82, 2.24) is 5.06 Å². The molecule has 4 heteroatoms. The van der Waals surface area contributed by atoms with Gasteiger partial charge in [-0.1, -0.05) is 22.6 Å². The van der Waals surface area contributed by atoms with E-state index in [0.29, 0.717) is 0 Å². The zero-order valence-corrected chi connectivity index (χ0v) is 12.6. The molecule has 0 amide bonds. The molecule has 0 unspecified atom stereocenters.